The highest BCUT2D eigenvalue weighted by atomic mass is 19.1. The average Bonchev–Trinajstić information content (AvgIpc) is 2.72. The van der Waals surface area contributed by atoms with Crippen LogP contribution in [0.5, 0.6) is 5.75 Å². The molecule has 5 nitrogen and oxygen atoms in total. The van der Waals surface area contributed by atoms with Gasteiger partial charge in [-0.1, -0.05) is 50.6 Å². The summed E-state index contributed by atoms with van der Waals surface area (Å²) in [5.74, 6) is -0.384. The van der Waals surface area contributed by atoms with E-state index in [1.807, 2.05) is 0 Å². The normalized spacial score (nSPS) is 12.7. The number of carbonyl (C=O) groups is 2. The van der Waals surface area contributed by atoms with E-state index in [4.69, 9.17) is 9.47 Å². The molecule has 2 atom stereocenters. The third-order valence-electron chi connectivity index (χ3n) is 4.58. The maximum atomic E-state index is 13.8. The number of hydrogen-bond donors (Lipinski definition) is 1. The van der Waals surface area contributed by atoms with Gasteiger partial charge in [0.05, 0.1) is 20.1 Å². The summed E-state index contributed by atoms with van der Waals surface area (Å²) < 4.78 is 24.4. The Morgan fingerprint density at radius 1 is 1.10 bits per heavy atom. The van der Waals surface area contributed by atoms with Crippen molar-refractivity contribution < 1.29 is 23.5 Å². The zero-order valence-corrected chi connectivity index (χ0v) is 17.1. The molecule has 2 aromatic carbocycles. The molecule has 1 amide bonds. The number of carbonyl (C=O) groups excluding carboxylic acids is 2. The van der Waals surface area contributed by atoms with Crippen LogP contribution in [0.2, 0.25) is 0 Å². The first-order chi connectivity index (χ1) is 13.9. The lowest BCUT2D eigenvalue weighted by Crippen LogP contribution is -2.35. The summed E-state index contributed by atoms with van der Waals surface area (Å²) in [6.45, 7) is 4.89. The predicted octanol–water partition coefficient (Wildman–Crippen LogP) is 4.21. The second kappa shape index (κ2) is 11.2. The molecule has 0 bridgehead atoms. The fourth-order valence-corrected chi connectivity index (χ4v) is 2.99. The standard InChI is InChI=1S/C23H28FNO4/c1-4-7-16(2)15-29-19-12-10-17(11-13-19)22(23(27)28-3)25-21(26)14-18-8-5-6-9-20(18)24/h5-6,8-13,16,22H,4,7,14-15H2,1-3H3,(H,25,26)/t16?,22-/m1/s1. The molecule has 1 N–H and O–H groups in total. The third-order valence-corrected chi connectivity index (χ3v) is 4.58. The minimum atomic E-state index is -0.979. The number of ether oxygens (including phenoxy) is 2. The van der Waals surface area contributed by atoms with Gasteiger partial charge in [0.1, 0.15) is 11.6 Å². The minimum Gasteiger partial charge on any atom is -0.493 e. The van der Waals surface area contributed by atoms with Gasteiger partial charge in [0, 0.05) is 0 Å². The molecule has 0 aliphatic rings. The highest BCUT2D eigenvalue weighted by molar-refractivity contribution is 5.86. The zero-order valence-electron chi connectivity index (χ0n) is 17.1. The summed E-state index contributed by atoms with van der Waals surface area (Å²) in [6.07, 6.45) is 2.03. The van der Waals surface area contributed by atoms with E-state index in [1.165, 1.54) is 19.2 Å². The summed E-state index contributed by atoms with van der Waals surface area (Å²) in [4.78, 5) is 24.6. The Hall–Kier alpha value is -2.89. The summed E-state index contributed by atoms with van der Waals surface area (Å²) in [5.41, 5.74) is 0.825. The van der Waals surface area contributed by atoms with Gasteiger partial charge in [-0.25, -0.2) is 9.18 Å². The lowest BCUT2D eigenvalue weighted by Gasteiger charge is -2.18. The Labute approximate surface area is 171 Å². The summed E-state index contributed by atoms with van der Waals surface area (Å²) in [6, 6.07) is 12.0. The zero-order chi connectivity index (χ0) is 21.2. The molecule has 6 heteroatoms. The predicted molar refractivity (Wildman–Crippen MR) is 109 cm³/mol. The van der Waals surface area contributed by atoms with Gasteiger partial charge in [-0.05, 0) is 41.7 Å². The van der Waals surface area contributed by atoms with Crippen molar-refractivity contribution in [3.8, 4) is 5.75 Å². The van der Waals surface area contributed by atoms with Crippen LogP contribution in [-0.4, -0.2) is 25.6 Å². The summed E-state index contributed by atoms with van der Waals surface area (Å²) in [5, 5.41) is 2.63. The second-order valence-electron chi connectivity index (χ2n) is 7.07. The van der Waals surface area contributed by atoms with Crippen LogP contribution in [0.1, 0.15) is 43.9 Å². The molecular weight excluding hydrogens is 373 g/mol. The number of halogens is 1. The van der Waals surface area contributed by atoms with E-state index in [-0.39, 0.29) is 12.0 Å². The van der Waals surface area contributed by atoms with E-state index in [2.05, 4.69) is 19.2 Å². The maximum Gasteiger partial charge on any atom is 0.333 e. The summed E-state index contributed by atoms with van der Waals surface area (Å²) in [7, 11) is 1.25. The molecule has 29 heavy (non-hydrogen) atoms. The van der Waals surface area contributed by atoms with Gasteiger partial charge in [0.2, 0.25) is 5.91 Å². The Morgan fingerprint density at radius 2 is 1.79 bits per heavy atom. The van der Waals surface area contributed by atoms with E-state index in [9.17, 15) is 14.0 Å². The number of esters is 1. The van der Waals surface area contributed by atoms with Crippen LogP contribution in [0, 0.1) is 11.7 Å². The first-order valence-electron chi connectivity index (χ1n) is 9.78. The van der Waals surface area contributed by atoms with Crippen molar-refractivity contribution >= 4 is 11.9 Å². The van der Waals surface area contributed by atoms with Crippen molar-refractivity contribution in [1.82, 2.24) is 5.32 Å². The van der Waals surface area contributed by atoms with E-state index >= 15 is 0 Å². The van der Waals surface area contributed by atoms with Crippen molar-refractivity contribution in [1.29, 1.82) is 0 Å². The van der Waals surface area contributed by atoms with Crippen LogP contribution in [0.15, 0.2) is 48.5 Å². The monoisotopic (exact) mass is 401 g/mol. The number of hydrogen-bond acceptors (Lipinski definition) is 4. The van der Waals surface area contributed by atoms with E-state index in [1.54, 1.807) is 36.4 Å². The highest BCUT2D eigenvalue weighted by Gasteiger charge is 2.24. The topological polar surface area (TPSA) is 64.6 Å². The minimum absolute atomic E-state index is 0.170. The Bertz CT molecular complexity index is 807. The van der Waals surface area contributed by atoms with Crippen molar-refractivity contribution in [2.45, 2.75) is 39.2 Å². The van der Waals surface area contributed by atoms with Gasteiger partial charge in [0.15, 0.2) is 6.04 Å². The molecule has 1 unspecified atom stereocenters. The maximum absolute atomic E-state index is 13.8. The smallest absolute Gasteiger partial charge is 0.333 e. The second-order valence-corrected chi connectivity index (χ2v) is 7.07. The van der Waals surface area contributed by atoms with Crippen molar-refractivity contribution in [2.24, 2.45) is 5.92 Å². The fraction of sp³-hybridized carbons (Fsp3) is 0.391. The molecule has 156 valence electrons. The molecule has 0 aliphatic carbocycles. The molecule has 0 aliphatic heterocycles. The van der Waals surface area contributed by atoms with Crippen LogP contribution in [-0.2, 0) is 20.7 Å². The molecule has 0 saturated carbocycles. The van der Waals surface area contributed by atoms with Crippen LogP contribution >= 0.6 is 0 Å². The van der Waals surface area contributed by atoms with Gasteiger partial charge < -0.3 is 14.8 Å². The molecule has 2 rings (SSSR count). The molecular formula is C23H28FNO4. The van der Waals surface area contributed by atoms with Crippen LogP contribution in [0.25, 0.3) is 0 Å². The third kappa shape index (κ3) is 6.89. The molecule has 0 aromatic heterocycles. The molecule has 0 radical (unpaired) electrons. The van der Waals surface area contributed by atoms with E-state index in [0.717, 1.165) is 12.8 Å². The van der Waals surface area contributed by atoms with Crippen LogP contribution in [0.3, 0.4) is 0 Å². The van der Waals surface area contributed by atoms with Crippen LogP contribution < -0.4 is 10.1 Å². The quantitative estimate of drug-likeness (QED) is 0.606. The van der Waals surface area contributed by atoms with E-state index in [0.29, 0.717) is 23.8 Å². The lowest BCUT2D eigenvalue weighted by molar-refractivity contribution is -0.145. The first-order valence-corrected chi connectivity index (χ1v) is 9.78. The van der Waals surface area contributed by atoms with Crippen molar-refractivity contribution in [3.63, 3.8) is 0 Å². The van der Waals surface area contributed by atoms with Gasteiger partial charge in [0.25, 0.3) is 0 Å². The molecule has 0 spiro atoms. The van der Waals surface area contributed by atoms with Gasteiger partial charge in [-0.2, -0.15) is 0 Å². The average molecular weight is 401 g/mol. The number of benzene rings is 2. The fourth-order valence-electron chi connectivity index (χ4n) is 2.99. The van der Waals surface area contributed by atoms with E-state index < -0.39 is 23.7 Å². The highest BCUT2D eigenvalue weighted by Crippen LogP contribution is 2.20. The van der Waals surface area contributed by atoms with Gasteiger partial charge in [-0.3, -0.25) is 4.79 Å². The van der Waals surface area contributed by atoms with Gasteiger partial charge >= 0.3 is 5.97 Å². The van der Waals surface area contributed by atoms with Crippen molar-refractivity contribution in [3.05, 3.63) is 65.5 Å². The number of amides is 1. The van der Waals surface area contributed by atoms with Gasteiger partial charge in [-0.15, -0.1) is 0 Å². The Kier molecular flexibility index (Phi) is 8.65. The Morgan fingerprint density at radius 3 is 2.41 bits per heavy atom. The van der Waals surface area contributed by atoms with Crippen LogP contribution in [0.4, 0.5) is 4.39 Å². The molecule has 0 saturated heterocycles. The Balaban J connectivity index is 2.05. The summed E-state index contributed by atoms with van der Waals surface area (Å²) >= 11 is 0. The van der Waals surface area contributed by atoms with Crippen molar-refractivity contribution in [2.75, 3.05) is 13.7 Å². The molecule has 0 heterocycles. The molecule has 0 fully saturated rings. The number of rotatable bonds is 10. The lowest BCUT2D eigenvalue weighted by atomic mass is 10.1. The number of methoxy groups -OCH3 is 1. The number of nitrogens with one attached hydrogen (secondary N) is 1. The first kappa shape index (κ1) is 22.4. The molecule has 2 aromatic rings. The largest absolute Gasteiger partial charge is 0.493 e. The SMILES string of the molecule is CCCC(C)COc1ccc([C@@H](NC(=O)Cc2ccccc2F)C(=O)OC)cc1.